The molecule has 0 radical (unpaired) electrons. The number of hydrogen-bond donors (Lipinski definition) is 0. The van der Waals surface area contributed by atoms with Gasteiger partial charge in [0.1, 0.15) is 0 Å². The Labute approximate surface area is 79.0 Å². The van der Waals surface area contributed by atoms with Gasteiger partial charge in [0.15, 0.2) is 0 Å². The van der Waals surface area contributed by atoms with E-state index >= 15 is 0 Å². The minimum absolute atomic E-state index is 1.04. The highest BCUT2D eigenvalue weighted by Gasteiger charge is 2.16. The lowest BCUT2D eigenvalue weighted by molar-refractivity contribution is 0.300. The van der Waals surface area contributed by atoms with Crippen molar-refractivity contribution in [3.05, 3.63) is 29.5 Å². The van der Waals surface area contributed by atoms with Crippen LogP contribution in [0.15, 0.2) is 34.5 Å². The Bertz CT molecular complexity index is 317. The van der Waals surface area contributed by atoms with Gasteiger partial charge >= 0.3 is 0 Å². The van der Waals surface area contributed by atoms with Crippen molar-refractivity contribution in [2.45, 2.75) is 13.3 Å². The van der Waals surface area contributed by atoms with Gasteiger partial charge in [0.2, 0.25) is 0 Å². The summed E-state index contributed by atoms with van der Waals surface area (Å²) in [6, 6.07) is 0. The molecular weight excluding hydrogens is 160 g/mol. The van der Waals surface area contributed by atoms with Gasteiger partial charge in [-0.1, -0.05) is 6.92 Å². The van der Waals surface area contributed by atoms with Gasteiger partial charge in [-0.25, -0.2) is 4.99 Å². The van der Waals surface area contributed by atoms with Gasteiger partial charge in [0, 0.05) is 19.3 Å². The number of likely N-dealkylation sites (N-methyl/N-ethyl adjacent to an activating group) is 1. The van der Waals surface area contributed by atoms with Crippen LogP contribution in [0.1, 0.15) is 13.3 Å². The van der Waals surface area contributed by atoms with Gasteiger partial charge in [-0.2, -0.15) is 0 Å². The Balaban J connectivity index is 2.20. The van der Waals surface area contributed by atoms with E-state index in [0.29, 0.717) is 0 Å². The van der Waals surface area contributed by atoms with Gasteiger partial charge < -0.3 is 0 Å². The summed E-state index contributed by atoms with van der Waals surface area (Å²) in [5, 5.41) is 0. The SMILES string of the molecule is CCN1CCC2=CC=C=NC=C2C1. The molecule has 2 rings (SSSR count). The Morgan fingerprint density at radius 1 is 1.54 bits per heavy atom. The van der Waals surface area contributed by atoms with Crippen molar-refractivity contribution >= 4 is 5.87 Å². The van der Waals surface area contributed by atoms with E-state index in [4.69, 9.17) is 0 Å². The molecule has 0 saturated carbocycles. The molecule has 0 amide bonds. The molecule has 13 heavy (non-hydrogen) atoms. The van der Waals surface area contributed by atoms with E-state index in [2.05, 4.69) is 28.8 Å². The van der Waals surface area contributed by atoms with Gasteiger partial charge in [0.25, 0.3) is 0 Å². The molecule has 0 unspecified atom stereocenters. The normalized spacial score (nSPS) is 21.9. The van der Waals surface area contributed by atoms with Crippen LogP contribution in [-0.2, 0) is 0 Å². The monoisotopic (exact) mass is 174 g/mol. The zero-order chi connectivity index (χ0) is 9.10. The molecule has 0 N–H and O–H groups in total. The maximum Gasteiger partial charge on any atom is 0.0416 e. The molecule has 0 aromatic rings. The first-order valence-corrected chi connectivity index (χ1v) is 4.79. The van der Waals surface area contributed by atoms with Crippen LogP contribution in [0.4, 0.5) is 0 Å². The Morgan fingerprint density at radius 2 is 2.46 bits per heavy atom. The predicted molar refractivity (Wildman–Crippen MR) is 54.9 cm³/mol. The van der Waals surface area contributed by atoms with Gasteiger partial charge in [-0.05, 0) is 42.1 Å². The van der Waals surface area contributed by atoms with E-state index in [9.17, 15) is 0 Å². The molecular formula is C11H14N2. The lowest BCUT2D eigenvalue weighted by atomic mass is 9.98. The minimum Gasteiger partial charge on any atom is -0.299 e. The van der Waals surface area contributed by atoms with Crippen molar-refractivity contribution < 1.29 is 0 Å². The Hall–Kier alpha value is -1.11. The standard InChI is InChI=1S/C11H14N2/c1-2-13-7-5-10-4-3-6-12-8-11(10)9-13/h3-4,8H,2,5,7,9H2,1H3. The first-order chi connectivity index (χ1) is 6.40. The molecule has 2 heterocycles. The van der Waals surface area contributed by atoms with Crippen LogP contribution >= 0.6 is 0 Å². The molecule has 1 fully saturated rings. The number of aliphatic imine (C=N–C) groups is 1. The Morgan fingerprint density at radius 3 is 3.31 bits per heavy atom. The summed E-state index contributed by atoms with van der Waals surface area (Å²) >= 11 is 0. The first kappa shape index (κ1) is 8.49. The smallest absolute Gasteiger partial charge is 0.0416 e. The summed E-state index contributed by atoms with van der Waals surface area (Å²) in [6.45, 7) is 5.55. The lowest BCUT2D eigenvalue weighted by Crippen LogP contribution is -2.31. The van der Waals surface area contributed by atoms with E-state index in [0.717, 1.165) is 19.5 Å². The molecule has 2 nitrogen and oxygen atoms in total. The number of hydrogen-bond acceptors (Lipinski definition) is 2. The fourth-order valence-electron chi connectivity index (χ4n) is 1.74. The van der Waals surface area contributed by atoms with Crippen LogP contribution in [0.5, 0.6) is 0 Å². The van der Waals surface area contributed by atoms with E-state index in [1.54, 1.807) is 0 Å². The lowest BCUT2D eigenvalue weighted by Gasteiger charge is -2.28. The second-order valence-corrected chi connectivity index (χ2v) is 3.39. The zero-order valence-electron chi connectivity index (χ0n) is 7.95. The topological polar surface area (TPSA) is 15.6 Å². The first-order valence-electron chi connectivity index (χ1n) is 4.79. The highest BCUT2D eigenvalue weighted by atomic mass is 15.1. The van der Waals surface area contributed by atoms with Crippen LogP contribution in [-0.4, -0.2) is 30.4 Å². The van der Waals surface area contributed by atoms with Crippen molar-refractivity contribution in [2.75, 3.05) is 19.6 Å². The maximum absolute atomic E-state index is 4.08. The summed E-state index contributed by atoms with van der Waals surface area (Å²) in [5.41, 5.74) is 2.78. The number of likely N-dealkylation sites (tertiary alicyclic amines) is 1. The molecule has 2 aliphatic rings. The largest absolute Gasteiger partial charge is 0.299 e. The summed E-state index contributed by atoms with van der Waals surface area (Å²) in [7, 11) is 0. The minimum atomic E-state index is 1.04. The molecule has 0 atom stereocenters. The molecule has 0 bridgehead atoms. The molecule has 0 spiro atoms. The molecule has 0 aromatic carbocycles. The van der Waals surface area contributed by atoms with Crippen molar-refractivity contribution in [1.82, 2.24) is 4.90 Å². The zero-order valence-corrected chi connectivity index (χ0v) is 7.95. The van der Waals surface area contributed by atoms with Crippen molar-refractivity contribution in [2.24, 2.45) is 4.99 Å². The number of piperidine rings is 1. The quantitative estimate of drug-likeness (QED) is 0.591. The summed E-state index contributed by atoms with van der Waals surface area (Å²) in [4.78, 5) is 6.51. The number of fused-ring (bicyclic) bond motifs is 1. The van der Waals surface area contributed by atoms with Crippen LogP contribution in [0, 0.1) is 0 Å². The fourth-order valence-corrected chi connectivity index (χ4v) is 1.74. The average Bonchev–Trinajstić information content (AvgIpc) is 2.41. The summed E-state index contributed by atoms with van der Waals surface area (Å²) in [5.74, 6) is 2.87. The molecule has 0 aromatic heterocycles. The van der Waals surface area contributed by atoms with Crippen molar-refractivity contribution in [1.29, 1.82) is 0 Å². The Kier molecular flexibility index (Phi) is 2.44. The second-order valence-electron chi connectivity index (χ2n) is 3.39. The third kappa shape index (κ3) is 1.80. The molecule has 2 aliphatic heterocycles. The molecule has 0 aliphatic carbocycles. The molecule has 68 valence electrons. The van der Waals surface area contributed by atoms with Gasteiger partial charge in [-0.15, -0.1) is 0 Å². The maximum atomic E-state index is 4.08. The third-order valence-corrected chi connectivity index (χ3v) is 2.60. The number of allylic oxidation sites excluding steroid dienone is 2. The molecule has 2 heteroatoms. The van der Waals surface area contributed by atoms with Crippen LogP contribution in [0.3, 0.4) is 0 Å². The van der Waals surface area contributed by atoms with E-state index in [1.807, 2.05) is 12.3 Å². The average molecular weight is 174 g/mol. The number of rotatable bonds is 1. The summed E-state index contributed by atoms with van der Waals surface area (Å²) in [6.07, 6.45) is 7.13. The highest BCUT2D eigenvalue weighted by molar-refractivity contribution is 5.59. The second kappa shape index (κ2) is 3.73. The van der Waals surface area contributed by atoms with E-state index in [1.165, 1.54) is 17.7 Å². The van der Waals surface area contributed by atoms with Gasteiger partial charge in [-0.3, -0.25) is 4.90 Å². The van der Waals surface area contributed by atoms with Crippen LogP contribution in [0.25, 0.3) is 0 Å². The third-order valence-electron chi connectivity index (χ3n) is 2.60. The molecule has 1 saturated heterocycles. The van der Waals surface area contributed by atoms with Gasteiger partial charge in [0.05, 0.1) is 0 Å². The fraction of sp³-hybridized carbons (Fsp3) is 0.455. The summed E-state index contributed by atoms with van der Waals surface area (Å²) < 4.78 is 0. The van der Waals surface area contributed by atoms with Crippen LogP contribution in [0.2, 0.25) is 0 Å². The van der Waals surface area contributed by atoms with Crippen LogP contribution < -0.4 is 0 Å². The van der Waals surface area contributed by atoms with E-state index < -0.39 is 0 Å². The van der Waals surface area contributed by atoms with Crippen molar-refractivity contribution in [3.63, 3.8) is 0 Å². The predicted octanol–water partition coefficient (Wildman–Crippen LogP) is 1.76. The van der Waals surface area contributed by atoms with E-state index in [-0.39, 0.29) is 0 Å². The number of nitrogens with zero attached hydrogens (tertiary/aromatic N) is 2. The van der Waals surface area contributed by atoms with Crippen molar-refractivity contribution in [3.8, 4) is 0 Å². The highest BCUT2D eigenvalue weighted by Crippen LogP contribution is 2.22.